The summed E-state index contributed by atoms with van der Waals surface area (Å²) in [7, 11) is 1.30. The number of hydrogen-bond acceptors (Lipinski definition) is 6. The van der Waals surface area contributed by atoms with Gasteiger partial charge in [0.25, 0.3) is 5.91 Å². The van der Waals surface area contributed by atoms with Crippen molar-refractivity contribution in [3.63, 3.8) is 0 Å². The van der Waals surface area contributed by atoms with Crippen LogP contribution >= 0.6 is 34.8 Å². The number of anilines is 2. The van der Waals surface area contributed by atoms with E-state index in [1.54, 1.807) is 32.0 Å². The van der Waals surface area contributed by atoms with Crippen molar-refractivity contribution >= 4 is 58.1 Å². The molecule has 172 valence electrons. The molecule has 0 unspecified atom stereocenters. The van der Waals surface area contributed by atoms with E-state index < -0.39 is 11.9 Å². The summed E-state index contributed by atoms with van der Waals surface area (Å²) in [5.41, 5.74) is 2.78. The number of morpholine rings is 1. The molecule has 1 N–H and O–H groups in total. The maximum atomic E-state index is 12.7. The molecular weight excluding hydrogens is 479 g/mol. The lowest BCUT2D eigenvalue weighted by molar-refractivity contribution is -0.118. The van der Waals surface area contributed by atoms with Crippen LogP contribution in [0.25, 0.3) is 0 Å². The van der Waals surface area contributed by atoms with Gasteiger partial charge in [-0.1, -0.05) is 34.8 Å². The van der Waals surface area contributed by atoms with Crippen molar-refractivity contribution in [3.8, 4) is 5.75 Å². The Kier molecular flexibility index (Phi) is 8.11. The molecule has 7 nitrogen and oxygen atoms in total. The molecule has 1 amide bonds. The molecule has 3 rings (SSSR count). The zero-order valence-corrected chi connectivity index (χ0v) is 20.2. The van der Waals surface area contributed by atoms with Crippen LogP contribution in [0.5, 0.6) is 5.75 Å². The molecule has 0 bridgehead atoms. The summed E-state index contributed by atoms with van der Waals surface area (Å²) in [4.78, 5) is 26.8. The smallest absolute Gasteiger partial charge is 0.337 e. The number of hydrogen-bond donors (Lipinski definition) is 1. The summed E-state index contributed by atoms with van der Waals surface area (Å²) in [5.74, 6) is -0.755. The lowest BCUT2D eigenvalue weighted by atomic mass is 10.1. The van der Waals surface area contributed by atoms with Crippen molar-refractivity contribution < 1.29 is 23.8 Å². The largest absolute Gasteiger partial charge is 0.481 e. The molecule has 1 heterocycles. The Bertz CT molecular complexity index is 1010. The first kappa shape index (κ1) is 24.5. The van der Waals surface area contributed by atoms with Crippen molar-refractivity contribution in [2.75, 3.05) is 50.2 Å². The number of carbonyl (C=O) groups excluding carboxylic acids is 2. The van der Waals surface area contributed by atoms with E-state index in [1.807, 2.05) is 0 Å². The molecule has 0 atom stereocenters. The van der Waals surface area contributed by atoms with Gasteiger partial charge in [-0.2, -0.15) is 0 Å². The first-order chi connectivity index (χ1) is 15.2. The Balaban J connectivity index is 1.81. The van der Waals surface area contributed by atoms with E-state index in [0.717, 1.165) is 5.69 Å². The SMILES string of the molecule is COC(=O)c1ccc(N2CCOCC2)c(NC(=O)COc2c(Cl)c(C)c(Cl)c(C)c2Cl)c1. The summed E-state index contributed by atoms with van der Waals surface area (Å²) in [6.07, 6.45) is 0. The molecule has 0 radical (unpaired) electrons. The number of nitrogens with zero attached hydrogens (tertiary/aromatic N) is 1. The molecule has 2 aromatic carbocycles. The van der Waals surface area contributed by atoms with Crippen LogP contribution in [0, 0.1) is 13.8 Å². The maximum absolute atomic E-state index is 12.7. The zero-order chi connectivity index (χ0) is 23.4. The van der Waals surface area contributed by atoms with Gasteiger partial charge in [-0.3, -0.25) is 4.79 Å². The summed E-state index contributed by atoms with van der Waals surface area (Å²) < 4.78 is 15.8. The number of rotatable bonds is 6. The molecule has 0 spiro atoms. The Morgan fingerprint density at radius 1 is 1.06 bits per heavy atom. The summed E-state index contributed by atoms with van der Waals surface area (Å²) in [6.45, 7) is 5.60. The van der Waals surface area contributed by atoms with E-state index in [0.29, 0.717) is 53.7 Å². The molecule has 32 heavy (non-hydrogen) atoms. The number of ether oxygens (including phenoxy) is 3. The second-order valence-electron chi connectivity index (χ2n) is 7.18. The average molecular weight is 502 g/mol. The van der Waals surface area contributed by atoms with Crippen LogP contribution in [-0.4, -0.2) is 51.9 Å². The number of nitrogens with one attached hydrogen (secondary N) is 1. The predicted molar refractivity (Wildman–Crippen MR) is 126 cm³/mol. The van der Waals surface area contributed by atoms with Gasteiger partial charge in [0, 0.05) is 18.1 Å². The van der Waals surface area contributed by atoms with Crippen LogP contribution in [0.4, 0.5) is 11.4 Å². The van der Waals surface area contributed by atoms with E-state index in [2.05, 4.69) is 10.2 Å². The van der Waals surface area contributed by atoms with Gasteiger partial charge in [0.2, 0.25) is 0 Å². The minimum Gasteiger partial charge on any atom is -0.481 e. The Morgan fingerprint density at radius 2 is 1.69 bits per heavy atom. The van der Waals surface area contributed by atoms with E-state index in [4.69, 9.17) is 49.0 Å². The van der Waals surface area contributed by atoms with Crippen LogP contribution in [-0.2, 0) is 14.3 Å². The van der Waals surface area contributed by atoms with Crippen LogP contribution in [0.2, 0.25) is 15.1 Å². The Labute approximate surface area is 201 Å². The number of esters is 1. The highest BCUT2D eigenvalue weighted by molar-refractivity contribution is 6.42. The third-order valence-electron chi connectivity index (χ3n) is 5.11. The topological polar surface area (TPSA) is 77.1 Å². The van der Waals surface area contributed by atoms with E-state index in [1.165, 1.54) is 7.11 Å². The van der Waals surface area contributed by atoms with E-state index in [9.17, 15) is 9.59 Å². The second-order valence-corrected chi connectivity index (χ2v) is 8.31. The van der Waals surface area contributed by atoms with Gasteiger partial charge in [0.05, 0.1) is 47.3 Å². The maximum Gasteiger partial charge on any atom is 0.337 e. The number of halogens is 3. The van der Waals surface area contributed by atoms with Crippen LogP contribution in [0.1, 0.15) is 21.5 Å². The van der Waals surface area contributed by atoms with Gasteiger partial charge < -0.3 is 24.4 Å². The van der Waals surface area contributed by atoms with Crippen LogP contribution in [0.15, 0.2) is 18.2 Å². The highest BCUT2D eigenvalue weighted by Gasteiger charge is 2.21. The lowest BCUT2D eigenvalue weighted by Gasteiger charge is -2.30. The third kappa shape index (κ3) is 5.23. The minimum atomic E-state index is -0.504. The fourth-order valence-electron chi connectivity index (χ4n) is 3.32. The van der Waals surface area contributed by atoms with Gasteiger partial charge >= 0.3 is 5.97 Å². The van der Waals surface area contributed by atoms with Crippen molar-refractivity contribution in [2.24, 2.45) is 0 Å². The Morgan fingerprint density at radius 3 is 2.28 bits per heavy atom. The van der Waals surface area contributed by atoms with E-state index in [-0.39, 0.29) is 22.4 Å². The summed E-state index contributed by atoms with van der Waals surface area (Å²) >= 11 is 18.9. The first-order valence-electron chi connectivity index (χ1n) is 9.86. The number of methoxy groups -OCH3 is 1. The van der Waals surface area contributed by atoms with Crippen molar-refractivity contribution in [1.29, 1.82) is 0 Å². The van der Waals surface area contributed by atoms with Crippen molar-refractivity contribution in [3.05, 3.63) is 50.0 Å². The zero-order valence-electron chi connectivity index (χ0n) is 17.9. The normalized spacial score (nSPS) is 13.6. The molecule has 0 saturated carbocycles. The first-order valence-corrected chi connectivity index (χ1v) is 11.0. The van der Waals surface area contributed by atoms with Gasteiger partial charge in [0.15, 0.2) is 12.4 Å². The van der Waals surface area contributed by atoms with Crippen LogP contribution < -0.4 is 15.0 Å². The lowest BCUT2D eigenvalue weighted by Crippen LogP contribution is -2.37. The second kappa shape index (κ2) is 10.6. The van der Waals surface area contributed by atoms with Crippen molar-refractivity contribution in [1.82, 2.24) is 0 Å². The Hall–Kier alpha value is -2.19. The molecule has 10 heteroatoms. The monoisotopic (exact) mass is 500 g/mol. The van der Waals surface area contributed by atoms with Gasteiger partial charge in [-0.05, 0) is 43.2 Å². The molecule has 1 fully saturated rings. The van der Waals surface area contributed by atoms with E-state index >= 15 is 0 Å². The fraction of sp³-hybridized carbons (Fsp3) is 0.364. The van der Waals surface area contributed by atoms with Crippen LogP contribution in [0.3, 0.4) is 0 Å². The standard InChI is InChI=1S/C22H23Cl3N2O5/c1-12-18(23)13(2)20(25)21(19(12)24)32-11-17(28)26-15-10-14(22(29)30-3)4-5-16(15)27-6-8-31-9-7-27/h4-5,10H,6-9,11H2,1-3H3,(H,26,28). The minimum absolute atomic E-state index is 0.194. The average Bonchev–Trinajstić information content (AvgIpc) is 2.81. The molecular formula is C22H23Cl3N2O5. The quantitative estimate of drug-likeness (QED) is 0.567. The molecule has 2 aromatic rings. The number of benzene rings is 2. The predicted octanol–water partition coefficient (Wildman–Crippen LogP) is 4.90. The molecule has 0 aliphatic carbocycles. The van der Waals surface area contributed by atoms with Gasteiger partial charge in [0.1, 0.15) is 0 Å². The van der Waals surface area contributed by atoms with Gasteiger partial charge in [-0.25, -0.2) is 4.79 Å². The number of carbonyl (C=O) groups is 2. The third-order valence-corrected chi connectivity index (χ3v) is 6.58. The summed E-state index contributed by atoms with van der Waals surface area (Å²) in [6, 6.07) is 5.00. The fourth-order valence-corrected chi connectivity index (χ4v) is 4.14. The molecule has 1 aliphatic heterocycles. The van der Waals surface area contributed by atoms with Gasteiger partial charge in [-0.15, -0.1) is 0 Å². The molecule has 0 aromatic heterocycles. The number of amides is 1. The highest BCUT2D eigenvalue weighted by Crippen LogP contribution is 2.42. The molecule has 1 saturated heterocycles. The molecule has 1 aliphatic rings. The highest BCUT2D eigenvalue weighted by atomic mass is 35.5. The van der Waals surface area contributed by atoms with Crippen molar-refractivity contribution in [2.45, 2.75) is 13.8 Å². The summed E-state index contributed by atoms with van der Waals surface area (Å²) in [5, 5.41) is 3.76.